The molecule has 0 bridgehead atoms. The van der Waals surface area contributed by atoms with Gasteiger partial charge in [0.15, 0.2) is 0 Å². The molecule has 32 heavy (non-hydrogen) atoms. The Labute approximate surface area is 178 Å². The second kappa shape index (κ2) is 8.39. The summed E-state index contributed by atoms with van der Waals surface area (Å²) < 4.78 is 63.2. The number of nitrogens with two attached hydrogens (primary N) is 1. The zero-order chi connectivity index (χ0) is 23.7. The normalized spacial score (nSPS) is 11.9. The molecule has 0 aliphatic rings. The molecule has 3 rings (SSSR count). The zero-order valence-corrected chi connectivity index (χ0v) is 16.7. The van der Waals surface area contributed by atoms with Crippen molar-refractivity contribution in [1.29, 1.82) is 0 Å². The molecule has 3 aromatic rings. The van der Waals surface area contributed by atoms with Crippen molar-refractivity contribution in [3.63, 3.8) is 0 Å². The van der Waals surface area contributed by atoms with Crippen molar-refractivity contribution in [2.75, 3.05) is 5.32 Å². The van der Waals surface area contributed by atoms with Crippen LogP contribution in [-0.4, -0.2) is 29.0 Å². The molecular formula is C18H14F3N5O5S. The highest BCUT2D eigenvalue weighted by Gasteiger charge is 2.32. The second-order valence-corrected chi connectivity index (χ2v) is 8.04. The highest BCUT2D eigenvalue weighted by atomic mass is 32.2. The van der Waals surface area contributed by atoms with E-state index in [1.807, 2.05) is 0 Å². The van der Waals surface area contributed by atoms with Crippen molar-refractivity contribution in [3.05, 3.63) is 76.1 Å². The number of carbonyl (C=O) groups excluding carboxylic acids is 1. The first kappa shape index (κ1) is 22.9. The summed E-state index contributed by atoms with van der Waals surface area (Å²) in [6, 6.07) is 8.89. The summed E-state index contributed by atoms with van der Waals surface area (Å²) in [5.74, 6) is -0.689. The summed E-state index contributed by atoms with van der Waals surface area (Å²) in [7, 11) is -4.43. The number of hydrogen-bond donors (Lipinski definition) is 2. The van der Waals surface area contributed by atoms with Crippen LogP contribution in [0.25, 0.3) is 5.69 Å². The standard InChI is InChI=1S/C18H14F3N5O5S/c19-18(20,21)12-9-23-25(10-12)15-6-5-13(8-16(15)32(22,30)31)24-17(27)7-11-3-1-2-4-14(11)26(28)29/h1-6,8-10H,7H2,(H,24,27)(H2,22,30,31). The molecule has 1 amide bonds. The first-order valence-corrected chi connectivity index (χ1v) is 10.2. The summed E-state index contributed by atoms with van der Waals surface area (Å²) in [6.45, 7) is 0. The van der Waals surface area contributed by atoms with Crippen LogP contribution in [0.4, 0.5) is 24.5 Å². The summed E-state index contributed by atoms with van der Waals surface area (Å²) in [4.78, 5) is 22.2. The molecule has 168 valence electrons. The topological polar surface area (TPSA) is 150 Å². The molecule has 0 aliphatic carbocycles. The van der Waals surface area contributed by atoms with Gasteiger partial charge in [0, 0.05) is 23.5 Å². The molecule has 1 aromatic heterocycles. The number of rotatable bonds is 6. The predicted octanol–water partition coefficient (Wildman–Crippen LogP) is 2.63. The monoisotopic (exact) mass is 469 g/mol. The van der Waals surface area contributed by atoms with E-state index in [-0.39, 0.29) is 29.0 Å². The fourth-order valence-electron chi connectivity index (χ4n) is 2.83. The number of halogens is 3. The molecule has 0 saturated heterocycles. The van der Waals surface area contributed by atoms with Gasteiger partial charge in [-0.15, -0.1) is 0 Å². The number of alkyl halides is 3. The number of sulfonamides is 1. The van der Waals surface area contributed by atoms with Crippen LogP contribution in [0.1, 0.15) is 11.1 Å². The van der Waals surface area contributed by atoms with Gasteiger partial charge in [-0.1, -0.05) is 18.2 Å². The van der Waals surface area contributed by atoms with E-state index in [2.05, 4.69) is 10.4 Å². The van der Waals surface area contributed by atoms with Gasteiger partial charge in [0.1, 0.15) is 4.90 Å². The van der Waals surface area contributed by atoms with E-state index in [1.165, 1.54) is 30.3 Å². The van der Waals surface area contributed by atoms with Gasteiger partial charge < -0.3 is 5.32 Å². The third-order valence-electron chi connectivity index (χ3n) is 4.25. The SMILES string of the molecule is NS(=O)(=O)c1cc(NC(=O)Cc2ccccc2[N+](=O)[O-])ccc1-n1cc(C(F)(F)F)cn1. The number of hydrogen-bond acceptors (Lipinski definition) is 6. The van der Waals surface area contributed by atoms with Crippen molar-refractivity contribution < 1.29 is 31.3 Å². The average molecular weight is 469 g/mol. The number of nitrogens with one attached hydrogen (secondary N) is 1. The van der Waals surface area contributed by atoms with E-state index < -0.39 is 37.5 Å². The average Bonchev–Trinajstić information content (AvgIpc) is 3.18. The first-order valence-electron chi connectivity index (χ1n) is 8.67. The van der Waals surface area contributed by atoms with E-state index in [1.54, 1.807) is 0 Å². The molecule has 1 heterocycles. The van der Waals surface area contributed by atoms with Crippen molar-refractivity contribution in [3.8, 4) is 5.69 Å². The Morgan fingerprint density at radius 2 is 1.91 bits per heavy atom. The van der Waals surface area contributed by atoms with Gasteiger partial charge in [0.25, 0.3) is 5.69 Å². The summed E-state index contributed by atoms with van der Waals surface area (Å²) in [5, 5.41) is 22.2. The van der Waals surface area contributed by atoms with Crippen molar-refractivity contribution in [2.24, 2.45) is 5.14 Å². The maximum Gasteiger partial charge on any atom is 0.419 e. The quantitative estimate of drug-likeness (QED) is 0.418. The van der Waals surface area contributed by atoms with Crippen LogP contribution in [-0.2, 0) is 27.4 Å². The van der Waals surface area contributed by atoms with Crippen LogP contribution in [0.15, 0.2) is 59.8 Å². The van der Waals surface area contributed by atoms with Crippen molar-refractivity contribution in [2.45, 2.75) is 17.5 Å². The molecule has 0 spiro atoms. The Morgan fingerprint density at radius 3 is 2.50 bits per heavy atom. The lowest BCUT2D eigenvalue weighted by Crippen LogP contribution is -2.18. The number of para-hydroxylation sites is 1. The summed E-state index contributed by atoms with van der Waals surface area (Å²) in [5.41, 5.74) is -1.53. The molecule has 0 saturated carbocycles. The number of aromatic nitrogens is 2. The van der Waals surface area contributed by atoms with Crippen LogP contribution >= 0.6 is 0 Å². The number of amides is 1. The Bertz CT molecular complexity index is 1300. The highest BCUT2D eigenvalue weighted by molar-refractivity contribution is 7.89. The molecule has 3 N–H and O–H groups in total. The smallest absolute Gasteiger partial charge is 0.326 e. The fourth-order valence-corrected chi connectivity index (χ4v) is 3.57. The molecule has 10 nitrogen and oxygen atoms in total. The van der Waals surface area contributed by atoms with E-state index in [0.29, 0.717) is 17.1 Å². The third kappa shape index (κ3) is 5.09. The van der Waals surface area contributed by atoms with Crippen LogP contribution < -0.4 is 10.5 Å². The maximum absolute atomic E-state index is 12.8. The van der Waals surface area contributed by atoms with E-state index in [4.69, 9.17) is 5.14 Å². The van der Waals surface area contributed by atoms with Crippen molar-refractivity contribution in [1.82, 2.24) is 9.78 Å². The van der Waals surface area contributed by atoms with E-state index >= 15 is 0 Å². The Morgan fingerprint density at radius 1 is 1.22 bits per heavy atom. The highest BCUT2D eigenvalue weighted by Crippen LogP contribution is 2.30. The van der Waals surface area contributed by atoms with Gasteiger partial charge in [0.05, 0.1) is 28.8 Å². The van der Waals surface area contributed by atoms with E-state index in [9.17, 15) is 36.5 Å². The number of nitrogens with zero attached hydrogens (tertiary/aromatic N) is 3. The maximum atomic E-state index is 12.8. The van der Waals surface area contributed by atoms with Gasteiger partial charge in [0.2, 0.25) is 15.9 Å². The van der Waals surface area contributed by atoms with Gasteiger partial charge in [-0.2, -0.15) is 18.3 Å². The number of nitro groups is 1. The lowest BCUT2D eigenvalue weighted by atomic mass is 10.1. The minimum absolute atomic E-state index is 0.0374. The van der Waals surface area contributed by atoms with Crippen LogP contribution in [0.5, 0.6) is 0 Å². The number of carbonyl (C=O) groups is 1. The number of benzene rings is 2. The minimum atomic E-state index is -4.69. The molecule has 0 radical (unpaired) electrons. The number of primary sulfonamides is 1. The van der Waals surface area contributed by atoms with E-state index in [0.717, 1.165) is 12.1 Å². The van der Waals surface area contributed by atoms with Gasteiger partial charge in [-0.25, -0.2) is 18.2 Å². The third-order valence-corrected chi connectivity index (χ3v) is 5.19. The zero-order valence-electron chi connectivity index (χ0n) is 15.9. The Balaban J connectivity index is 1.91. The molecule has 0 fully saturated rings. The number of nitro benzene ring substituents is 1. The Hall–Kier alpha value is -3.78. The summed E-state index contributed by atoms with van der Waals surface area (Å²) in [6.07, 6.45) is -3.95. The van der Waals surface area contributed by atoms with Crippen LogP contribution in [0.3, 0.4) is 0 Å². The first-order chi connectivity index (χ1) is 14.9. The lowest BCUT2D eigenvalue weighted by molar-refractivity contribution is -0.385. The van der Waals surface area contributed by atoms with Crippen molar-refractivity contribution >= 4 is 27.3 Å². The number of anilines is 1. The minimum Gasteiger partial charge on any atom is -0.326 e. The molecule has 0 atom stereocenters. The fraction of sp³-hybridized carbons (Fsp3) is 0.111. The largest absolute Gasteiger partial charge is 0.419 e. The lowest BCUT2D eigenvalue weighted by Gasteiger charge is -2.12. The van der Waals surface area contributed by atoms with Gasteiger partial charge in [-0.05, 0) is 18.2 Å². The predicted molar refractivity (Wildman–Crippen MR) is 105 cm³/mol. The molecule has 2 aromatic carbocycles. The molecule has 0 unspecified atom stereocenters. The van der Waals surface area contributed by atoms with Gasteiger partial charge >= 0.3 is 6.18 Å². The van der Waals surface area contributed by atoms with Crippen LogP contribution in [0, 0.1) is 10.1 Å². The second-order valence-electron chi connectivity index (χ2n) is 6.51. The summed E-state index contributed by atoms with van der Waals surface area (Å²) >= 11 is 0. The molecule has 14 heteroatoms. The van der Waals surface area contributed by atoms with Crippen LogP contribution in [0.2, 0.25) is 0 Å². The molecular weight excluding hydrogens is 455 g/mol. The molecule has 0 aliphatic heterocycles. The van der Waals surface area contributed by atoms with Gasteiger partial charge in [-0.3, -0.25) is 14.9 Å². The Kier molecular flexibility index (Phi) is 6.00.